The highest BCUT2D eigenvalue weighted by Crippen LogP contribution is 2.16. The molecular weight excluding hydrogens is 196 g/mol. The van der Waals surface area contributed by atoms with E-state index in [-0.39, 0.29) is 12.5 Å². The van der Waals surface area contributed by atoms with Gasteiger partial charge in [-0.3, -0.25) is 0 Å². The number of aryl methyl sites for hydroxylation is 1. The minimum atomic E-state index is -1.02. The maximum atomic E-state index is 10.3. The van der Waals surface area contributed by atoms with Gasteiger partial charge in [0.1, 0.15) is 5.82 Å². The number of rotatable bonds is 4. The monoisotopic (exact) mass is 210 g/mol. The highest BCUT2D eigenvalue weighted by molar-refractivity contribution is 5.68. The second-order valence-electron chi connectivity index (χ2n) is 3.52. The van der Waals surface area contributed by atoms with Crippen LogP contribution in [0.1, 0.15) is 31.3 Å². The van der Waals surface area contributed by atoms with E-state index in [0.717, 1.165) is 5.69 Å². The second-order valence-corrected chi connectivity index (χ2v) is 3.52. The summed E-state index contributed by atoms with van der Waals surface area (Å²) in [5.41, 5.74) is 0.850. The number of aliphatic carboxylic acids is 1. The van der Waals surface area contributed by atoms with Crippen LogP contribution in [0.5, 0.6) is 5.88 Å². The SMILES string of the molecule is Cc1nc(OCC(=O)O)cc(C(C)C)n1. The van der Waals surface area contributed by atoms with Crippen LogP contribution < -0.4 is 4.74 Å². The molecule has 0 aliphatic rings. The summed E-state index contributed by atoms with van der Waals surface area (Å²) in [7, 11) is 0. The summed E-state index contributed by atoms with van der Waals surface area (Å²) in [6.07, 6.45) is 0. The van der Waals surface area contributed by atoms with E-state index in [9.17, 15) is 4.79 Å². The molecule has 0 saturated carbocycles. The Hall–Kier alpha value is -1.65. The molecule has 0 aliphatic carbocycles. The number of ether oxygens (including phenoxy) is 1. The predicted molar refractivity (Wildman–Crippen MR) is 54.0 cm³/mol. The highest BCUT2D eigenvalue weighted by atomic mass is 16.5. The van der Waals surface area contributed by atoms with Crippen molar-refractivity contribution in [2.45, 2.75) is 26.7 Å². The van der Waals surface area contributed by atoms with Gasteiger partial charge in [0, 0.05) is 6.07 Å². The molecule has 15 heavy (non-hydrogen) atoms. The molecule has 1 rings (SSSR count). The smallest absolute Gasteiger partial charge is 0.341 e. The first-order valence-corrected chi connectivity index (χ1v) is 4.69. The van der Waals surface area contributed by atoms with Gasteiger partial charge in [0.25, 0.3) is 0 Å². The molecule has 5 nitrogen and oxygen atoms in total. The Balaban J connectivity index is 2.84. The third-order valence-corrected chi connectivity index (χ3v) is 1.77. The zero-order chi connectivity index (χ0) is 11.4. The van der Waals surface area contributed by atoms with Gasteiger partial charge in [-0.25, -0.2) is 9.78 Å². The minimum Gasteiger partial charge on any atom is -0.479 e. The first-order valence-electron chi connectivity index (χ1n) is 4.69. The molecule has 0 fully saturated rings. The normalized spacial score (nSPS) is 10.4. The van der Waals surface area contributed by atoms with Crippen LogP contribution in [-0.2, 0) is 4.79 Å². The average Bonchev–Trinajstić information content (AvgIpc) is 2.13. The molecule has 0 radical (unpaired) electrons. The van der Waals surface area contributed by atoms with E-state index in [2.05, 4.69) is 9.97 Å². The van der Waals surface area contributed by atoms with Gasteiger partial charge in [-0.1, -0.05) is 13.8 Å². The van der Waals surface area contributed by atoms with E-state index >= 15 is 0 Å². The Morgan fingerprint density at radius 2 is 2.20 bits per heavy atom. The van der Waals surface area contributed by atoms with Crippen molar-refractivity contribution in [1.29, 1.82) is 0 Å². The molecule has 1 aromatic heterocycles. The summed E-state index contributed by atoms with van der Waals surface area (Å²) in [5, 5.41) is 8.45. The largest absolute Gasteiger partial charge is 0.479 e. The molecule has 0 aliphatic heterocycles. The standard InChI is InChI=1S/C10H14N2O3/c1-6(2)8-4-9(12-7(3)11-8)15-5-10(13)14/h4,6H,5H2,1-3H3,(H,13,14). The molecule has 0 spiro atoms. The van der Waals surface area contributed by atoms with Gasteiger partial charge in [-0.15, -0.1) is 0 Å². The van der Waals surface area contributed by atoms with E-state index in [4.69, 9.17) is 9.84 Å². The van der Waals surface area contributed by atoms with Crippen LogP contribution in [0.2, 0.25) is 0 Å². The lowest BCUT2D eigenvalue weighted by atomic mass is 10.1. The summed E-state index contributed by atoms with van der Waals surface area (Å²) in [6.45, 7) is 5.37. The van der Waals surface area contributed by atoms with Crippen LogP contribution >= 0.6 is 0 Å². The van der Waals surface area contributed by atoms with Crippen molar-refractivity contribution in [3.05, 3.63) is 17.6 Å². The van der Waals surface area contributed by atoms with Crippen LogP contribution in [0.4, 0.5) is 0 Å². The van der Waals surface area contributed by atoms with Crippen molar-refractivity contribution >= 4 is 5.97 Å². The van der Waals surface area contributed by atoms with Gasteiger partial charge in [-0.05, 0) is 12.8 Å². The van der Waals surface area contributed by atoms with Crippen molar-refractivity contribution < 1.29 is 14.6 Å². The number of carboxylic acids is 1. The van der Waals surface area contributed by atoms with Gasteiger partial charge in [0.15, 0.2) is 6.61 Å². The molecule has 0 unspecified atom stereocenters. The van der Waals surface area contributed by atoms with Gasteiger partial charge in [0.05, 0.1) is 5.69 Å². The van der Waals surface area contributed by atoms with Crippen LogP contribution in [0.25, 0.3) is 0 Å². The van der Waals surface area contributed by atoms with Crippen LogP contribution in [0, 0.1) is 6.92 Å². The summed E-state index contributed by atoms with van der Waals surface area (Å²) in [4.78, 5) is 18.5. The lowest BCUT2D eigenvalue weighted by molar-refractivity contribution is -0.139. The van der Waals surface area contributed by atoms with Crippen LogP contribution in [0.3, 0.4) is 0 Å². The van der Waals surface area contributed by atoms with Gasteiger partial charge < -0.3 is 9.84 Å². The van der Waals surface area contributed by atoms with Gasteiger partial charge >= 0.3 is 5.97 Å². The quantitative estimate of drug-likeness (QED) is 0.812. The predicted octanol–water partition coefficient (Wildman–Crippen LogP) is 1.37. The number of carboxylic acid groups (broad SMARTS) is 1. The zero-order valence-corrected chi connectivity index (χ0v) is 9.02. The van der Waals surface area contributed by atoms with Crippen LogP contribution in [-0.4, -0.2) is 27.7 Å². The van der Waals surface area contributed by atoms with Crippen molar-refractivity contribution in [1.82, 2.24) is 9.97 Å². The molecule has 0 saturated heterocycles. The van der Waals surface area contributed by atoms with Gasteiger partial charge in [-0.2, -0.15) is 4.98 Å². The molecule has 0 bridgehead atoms. The number of hydrogen-bond acceptors (Lipinski definition) is 4. The fourth-order valence-electron chi connectivity index (χ4n) is 1.07. The maximum Gasteiger partial charge on any atom is 0.341 e. The van der Waals surface area contributed by atoms with Crippen molar-refractivity contribution in [3.8, 4) is 5.88 Å². The molecule has 1 heterocycles. The molecule has 1 aromatic rings. The summed E-state index contributed by atoms with van der Waals surface area (Å²) in [5.74, 6) is 0.145. The van der Waals surface area contributed by atoms with E-state index in [1.165, 1.54) is 0 Å². The van der Waals surface area contributed by atoms with Crippen molar-refractivity contribution in [3.63, 3.8) is 0 Å². The number of carbonyl (C=O) groups is 1. The molecule has 0 amide bonds. The van der Waals surface area contributed by atoms with Crippen molar-refractivity contribution in [2.75, 3.05) is 6.61 Å². The Labute approximate surface area is 88.1 Å². The Kier molecular flexibility index (Phi) is 3.60. The first kappa shape index (κ1) is 11.4. The Bertz CT molecular complexity index is 364. The Morgan fingerprint density at radius 3 is 2.73 bits per heavy atom. The summed E-state index contributed by atoms with van der Waals surface area (Å²) < 4.78 is 4.99. The third kappa shape index (κ3) is 3.53. The van der Waals surface area contributed by atoms with Crippen molar-refractivity contribution in [2.24, 2.45) is 0 Å². The van der Waals surface area contributed by atoms with E-state index in [1.807, 2.05) is 13.8 Å². The van der Waals surface area contributed by atoms with E-state index < -0.39 is 5.97 Å². The molecule has 1 N–H and O–H groups in total. The topological polar surface area (TPSA) is 72.3 Å². The molecule has 82 valence electrons. The molecule has 0 atom stereocenters. The Morgan fingerprint density at radius 1 is 1.53 bits per heavy atom. The third-order valence-electron chi connectivity index (χ3n) is 1.77. The molecular formula is C10H14N2O3. The summed E-state index contributed by atoms with van der Waals surface area (Å²) >= 11 is 0. The lowest BCUT2D eigenvalue weighted by Gasteiger charge is -2.08. The molecule has 0 aromatic carbocycles. The summed E-state index contributed by atoms with van der Waals surface area (Å²) in [6, 6.07) is 1.67. The van der Waals surface area contributed by atoms with Gasteiger partial charge in [0.2, 0.25) is 5.88 Å². The van der Waals surface area contributed by atoms with Crippen LogP contribution in [0.15, 0.2) is 6.07 Å². The fourth-order valence-corrected chi connectivity index (χ4v) is 1.07. The number of aromatic nitrogens is 2. The number of hydrogen-bond donors (Lipinski definition) is 1. The highest BCUT2D eigenvalue weighted by Gasteiger charge is 2.07. The minimum absolute atomic E-state index is 0.263. The average molecular weight is 210 g/mol. The zero-order valence-electron chi connectivity index (χ0n) is 9.02. The van der Waals surface area contributed by atoms with E-state index in [1.54, 1.807) is 13.0 Å². The first-order chi connectivity index (χ1) is 6.99. The maximum absolute atomic E-state index is 10.3. The number of nitrogens with zero attached hydrogens (tertiary/aromatic N) is 2. The van der Waals surface area contributed by atoms with E-state index in [0.29, 0.717) is 11.7 Å². The fraction of sp³-hybridized carbons (Fsp3) is 0.500. The second kappa shape index (κ2) is 4.72. The molecule has 5 heteroatoms. The lowest BCUT2D eigenvalue weighted by Crippen LogP contribution is -2.11.